The summed E-state index contributed by atoms with van der Waals surface area (Å²) < 4.78 is 14.0. The topological polar surface area (TPSA) is 87.1 Å². The van der Waals surface area contributed by atoms with E-state index in [1.807, 2.05) is 4.90 Å². The maximum atomic E-state index is 14.0. The van der Waals surface area contributed by atoms with E-state index in [2.05, 4.69) is 25.5 Å². The van der Waals surface area contributed by atoms with Crippen molar-refractivity contribution in [3.8, 4) is 11.3 Å². The van der Waals surface area contributed by atoms with Gasteiger partial charge in [0.2, 0.25) is 5.95 Å². The average molecular weight is 379 g/mol. The number of hydrogen-bond acceptors (Lipinski definition) is 6. The van der Waals surface area contributed by atoms with Gasteiger partial charge in [-0.1, -0.05) is 12.1 Å². The van der Waals surface area contributed by atoms with Crippen LogP contribution in [0.5, 0.6) is 0 Å². The van der Waals surface area contributed by atoms with Gasteiger partial charge < -0.3 is 9.80 Å². The quantitative estimate of drug-likeness (QED) is 0.752. The summed E-state index contributed by atoms with van der Waals surface area (Å²) >= 11 is 0. The molecule has 9 heteroatoms. The van der Waals surface area contributed by atoms with E-state index in [1.165, 1.54) is 6.07 Å². The second-order valence-electron chi connectivity index (χ2n) is 6.23. The van der Waals surface area contributed by atoms with Crippen molar-refractivity contribution in [2.24, 2.45) is 0 Å². The molecule has 0 bridgehead atoms. The van der Waals surface area contributed by atoms with E-state index in [4.69, 9.17) is 0 Å². The van der Waals surface area contributed by atoms with Crippen LogP contribution in [-0.2, 0) is 0 Å². The first-order chi connectivity index (χ1) is 13.7. The van der Waals surface area contributed by atoms with Gasteiger partial charge in [-0.25, -0.2) is 19.2 Å². The smallest absolute Gasteiger partial charge is 0.323 e. The van der Waals surface area contributed by atoms with Crippen molar-refractivity contribution in [3.05, 3.63) is 60.7 Å². The summed E-state index contributed by atoms with van der Waals surface area (Å²) in [6, 6.07) is 11.4. The van der Waals surface area contributed by atoms with Gasteiger partial charge >= 0.3 is 6.03 Å². The van der Waals surface area contributed by atoms with Crippen LogP contribution in [0.1, 0.15) is 0 Å². The molecule has 1 aliphatic rings. The van der Waals surface area contributed by atoms with E-state index in [0.717, 1.165) is 0 Å². The Kier molecular flexibility index (Phi) is 5.05. The van der Waals surface area contributed by atoms with Gasteiger partial charge in [-0.15, -0.1) is 5.10 Å². The van der Waals surface area contributed by atoms with Gasteiger partial charge in [-0.2, -0.15) is 5.10 Å². The summed E-state index contributed by atoms with van der Waals surface area (Å²) in [6.45, 7) is 2.18. The fraction of sp³-hybridized carbons (Fsp3) is 0.211. The molecule has 28 heavy (non-hydrogen) atoms. The maximum absolute atomic E-state index is 14.0. The fourth-order valence-electron chi connectivity index (χ4n) is 2.99. The van der Waals surface area contributed by atoms with E-state index in [0.29, 0.717) is 49.2 Å². The molecule has 0 saturated carbocycles. The number of aromatic nitrogens is 4. The first-order valence-electron chi connectivity index (χ1n) is 8.87. The Morgan fingerprint density at radius 1 is 1.00 bits per heavy atom. The Hall–Kier alpha value is -3.62. The standard InChI is InChI=1S/C19H18FN7O/c20-15-5-2-1-4-14(15)16-7-9-21-18(23-16)26-10-12-27(13-11-26)19(28)24-17-6-3-8-22-25-17/h1-9H,10-13H2,(H,24,25,28). The predicted molar refractivity (Wildman–Crippen MR) is 102 cm³/mol. The average Bonchev–Trinajstić information content (AvgIpc) is 2.75. The van der Waals surface area contributed by atoms with Crippen LogP contribution in [0.4, 0.5) is 21.0 Å². The van der Waals surface area contributed by atoms with Gasteiger partial charge in [0.15, 0.2) is 5.82 Å². The largest absolute Gasteiger partial charge is 0.337 e. The van der Waals surface area contributed by atoms with E-state index < -0.39 is 0 Å². The lowest BCUT2D eigenvalue weighted by Gasteiger charge is -2.34. The van der Waals surface area contributed by atoms with Gasteiger partial charge in [0, 0.05) is 44.1 Å². The summed E-state index contributed by atoms with van der Waals surface area (Å²) in [5, 5.41) is 10.3. The minimum absolute atomic E-state index is 0.221. The number of hydrogen-bond donors (Lipinski definition) is 1. The molecule has 2 amide bonds. The van der Waals surface area contributed by atoms with Crippen molar-refractivity contribution >= 4 is 17.8 Å². The molecule has 1 saturated heterocycles. The third kappa shape index (κ3) is 3.88. The normalized spacial score (nSPS) is 14.0. The van der Waals surface area contributed by atoms with Crippen LogP contribution in [0.3, 0.4) is 0 Å². The molecule has 1 N–H and O–H groups in total. The minimum atomic E-state index is -0.322. The highest BCUT2D eigenvalue weighted by Crippen LogP contribution is 2.22. The van der Waals surface area contributed by atoms with Crippen molar-refractivity contribution in [2.45, 2.75) is 0 Å². The zero-order valence-corrected chi connectivity index (χ0v) is 15.0. The lowest BCUT2D eigenvalue weighted by molar-refractivity contribution is 0.208. The summed E-state index contributed by atoms with van der Waals surface area (Å²) in [5.41, 5.74) is 0.971. The highest BCUT2D eigenvalue weighted by Gasteiger charge is 2.23. The van der Waals surface area contributed by atoms with E-state index in [1.54, 1.807) is 53.7 Å². The van der Waals surface area contributed by atoms with E-state index >= 15 is 0 Å². The van der Waals surface area contributed by atoms with Crippen molar-refractivity contribution < 1.29 is 9.18 Å². The van der Waals surface area contributed by atoms with Crippen LogP contribution in [0.2, 0.25) is 0 Å². The van der Waals surface area contributed by atoms with Crippen molar-refractivity contribution in [1.82, 2.24) is 25.1 Å². The summed E-state index contributed by atoms with van der Waals surface area (Å²) in [7, 11) is 0. The zero-order chi connectivity index (χ0) is 19.3. The first kappa shape index (κ1) is 17.8. The molecular formula is C19H18FN7O. The van der Waals surface area contributed by atoms with E-state index in [-0.39, 0.29) is 11.8 Å². The number of anilines is 2. The minimum Gasteiger partial charge on any atom is -0.337 e. The number of nitrogens with zero attached hydrogens (tertiary/aromatic N) is 6. The molecule has 3 heterocycles. The molecule has 0 aliphatic carbocycles. The summed E-state index contributed by atoms with van der Waals surface area (Å²) in [5.74, 6) is 0.614. The lowest BCUT2D eigenvalue weighted by Crippen LogP contribution is -2.50. The van der Waals surface area contributed by atoms with Crippen LogP contribution in [0.25, 0.3) is 11.3 Å². The molecule has 2 aromatic heterocycles. The maximum Gasteiger partial charge on any atom is 0.323 e. The number of urea groups is 1. The molecule has 142 valence electrons. The van der Waals surface area contributed by atoms with Crippen LogP contribution >= 0.6 is 0 Å². The summed E-state index contributed by atoms with van der Waals surface area (Å²) in [6.07, 6.45) is 3.17. The Morgan fingerprint density at radius 2 is 1.82 bits per heavy atom. The Bertz CT molecular complexity index is 961. The number of amides is 2. The SMILES string of the molecule is O=C(Nc1cccnn1)N1CCN(c2nccc(-c3ccccc3F)n2)CC1. The van der Waals surface area contributed by atoms with Crippen molar-refractivity contribution in [3.63, 3.8) is 0 Å². The third-order valence-corrected chi connectivity index (χ3v) is 4.45. The Labute approximate surface area is 161 Å². The van der Waals surface area contributed by atoms with Gasteiger partial charge in [0.1, 0.15) is 5.82 Å². The Morgan fingerprint density at radius 3 is 2.57 bits per heavy atom. The molecular weight excluding hydrogens is 361 g/mol. The monoisotopic (exact) mass is 379 g/mol. The van der Waals surface area contributed by atoms with E-state index in [9.17, 15) is 9.18 Å². The molecule has 4 rings (SSSR count). The fourth-order valence-corrected chi connectivity index (χ4v) is 2.99. The molecule has 8 nitrogen and oxygen atoms in total. The number of halogens is 1. The van der Waals surface area contributed by atoms with Gasteiger partial charge in [-0.3, -0.25) is 5.32 Å². The van der Waals surface area contributed by atoms with Gasteiger partial charge in [-0.05, 0) is 30.3 Å². The molecule has 0 unspecified atom stereocenters. The van der Waals surface area contributed by atoms with Crippen LogP contribution in [-0.4, -0.2) is 57.3 Å². The number of benzene rings is 1. The number of carbonyl (C=O) groups is 1. The molecule has 1 aromatic carbocycles. The van der Waals surface area contributed by atoms with Crippen LogP contribution in [0.15, 0.2) is 54.9 Å². The Balaban J connectivity index is 1.41. The number of rotatable bonds is 3. The molecule has 0 radical (unpaired) electrons. The van der Waals surface area contributed by atoms with Gasteiger partial charge in [0.25, 0.3) is 0 Å². The zero-order valence-electron chi connectivity index (χ0n) is 15.0. The van der Waals surface area contributed by atoms with Crippen molar-refractivity contribution in [2.75, 3.05) is 36.4 Å². The van der Waals surface area contributed by atoms with Crippen LogP contribution < -0.4 is 10.2 Å². The molecule has 3 aromatic rings. The highest BCUT2D eigenvalue weighted by molar-refractivity contribution is 5.88. The highest BCUT2D eigenvalue weighted by atomic mass is 19.1. The second-order valence-corrected chi connectivity index (χ2v) is 6.23. The molecule has 0 spiro atoms. The number of piperazine rings is 1. The molecule has 1 aliphatic heterocycles. The predicted octanol–water partition coefficient (Wildman–Crippen LogP) is 2.43. The lowest BCUT2D eigenvalue weighted by atomic mass is 10.1. The van der Waals surface area contributed by atoms with Crippen molar-refractivity contribution in [1.29, 1.82) is 0 Å². The number of nitrogens with one attached hydrogen (secondary N) is 1. The second kappa shape index (κ2) is 7.95. The van der Waals surface area contributed by atoms with Crippen LogP contribution in [0, 0.1) is 5.82 Å². The molecule has 0 atom stereocenters. The molecule has 1 fully saturated rings. The van der Waals surface area contributed by atoms with Gasteiger partial charge in [0.05, 0.1) is 5.69 Å². The first-order valence-corrected chi connectivity index (χ1v) is 8.87. The third-order valence-electron chi connectivity index (χ3n) is 4.45. The summed E-state index contributed by atoms with van der Waals surface area (Å²) in [4.78, 5) is 24.8. The number of carbonyl (C=O) groups excluding carboxylic acids is 1.